The van der Waals surface area contributed by atoms with Gasteiger partial charge in [0.1, 0.15) is 12.4 Å². The van der Waals surface area contributed by atoms with Gasteiger partial charge in [0.15, 0.2) is 0 Å². The molecular weight excluding hydrogens is 411 g/mol. The van der Waals surface area contributed by atoms with Crippen LogP contribution in [-0.4, -0.2) is 49.2 Å². The molecule has 0 spiro atoms. The second-order valence-electron chi connectivity index (χ2n) is 6.87. The van der Waals surface area contributed by atoms with Crippen molar-refractivity contribution in [2.24, 2.45) is 0 Å². The lowest BCUT2D eigenvalue weighted by Crippen LogP contribution is -2.41. The average molecular weight is 432 g/mol. The van der Waals surface area contributed by atoms with Crippen LogP contribution in [0.2, 0.25) is 0 Å². The number of aromatic nitrogens is 2. The van der Waals surface area contributed by atoms with Gasteiger partial charge in [0, 0.05) is 12.6 Å². The fourth-order valence-corrected chi connectivity index (χ4v) is 3.53. The molecule has 1 aromatic heterocycles. The summed E-state index contributed by atoms with van der Waals surface area (Å²) in [6.07, 6.45) is 0.982. The van der Waals surface area contributed by atoms with Crippen molar-refractivity contribution in [2.45, 2.75) is 13.5 Å². The van der Waals surface area contributed by atoms with E-state index in [9.17, 15) is 17.6 Å². The Morgan fingerprint density at radius 1 is 1.10 bits per heavy atom. The van der Waals surface area contributed by atoms with E-state index in [4.69, 9.17) is 4.52 Å². The Morgan fingerprint density at radius 3 is 2.33 bits per heavy atom. The molecule has 0 aliphatic rings. The molecule has 3 rings (SSSR count). The van der Waals surface area contributed by atoms with Crippen molar-refractivity contribution < 1.29 is 22.1 Å². The summed E-state index contributed by atoms with van der Waals surface area (Å²) in [4.78, 5) is 18.2. The van der Waals surface area contributed by atoms with Crippen LogP contribution in [0.5, 0.6) is 0 Å². The Kier molecular flexibility index (Phi) is 6.16. The molecule has 1 amide bonds. The number of amides is 1. The largest absolute Gasteiger partial charge is 0.337 e. The Morgan fingerprint density at radius 2 is 1.73 bits per heavy atom. The zero-order valence-corrected chi connectivity index (χ0v) is 17.6. The molecule has 2 aromatic carbocycles. The normalized spacial score (nSPS) is 11.3. The number of aryl methyl sites for hydroxylation is 1. The van der Waals surface area contributed by atoms with E-state index in [1.807, 2.05) is 31.2 Å². The highest BCUT2D eigenvalue weighted by Crippen LogP contribution is 2.19. The fraction of sp³-hybridized carbons (Fsp3) is 0.250. The van der Waals surface area contributed by atoms with E-state index in [1.54, 1.807) is 0 Å². The molecule has 0 fully saturated rings. The summed E-state index contributed by atoms with van der Waals surface area (Å²) in [5.41, 5.74) is 2.08. The van der Waals surface area contributed by atoms with Gasteiger partial charge in [-0.25, -0.2) is 12.8 Å². The van der Waals surface area contributed by atoms with Crippen LogP contribution in [0.1, 0.15) is 11.5 Å². The molecule has 0 saturated heterocycles. The van der Waals surface area contributed by atoms with Gasteiger partial charge in [0.05, 0.1) is 18.5 Å². The number of anilines is 1. The Hall–Kier alpha value is -3.27. The first kappa shape index (κ1) is 21.4. The number of likely N-dealkylation sites (N-methyl/N-ethyl adjacent to an activating group) is 1. The second kappa shape index (κ2) is 8.62. The smallest absolute Gasteiger partial charge is 0.246 e. The van der Waals surface area contributed by atoms with Crippen LogP contribution in [0.25, 0.3) is 11.4 Å². The van der Waals surface area contributed by atoms with Gasteiger partial charge in [-0.15, -0.1) is 0 Å². The maximum Gasteiger partial charge on any atom is 0.246 e. The Bertz CT molecular complexity index is 1130. The second-order valence-corrected chi connectivity index (χ2v) is 8.78. The lowest BCUT2D eigenvalue weighted by Gasteiger charge is -2.24. The summed E-state index contributed by atoms with van der Waals surface area (Å²) in [7, 11) is -2.25. The summed E-state index contributed by atoms with van der Waals surface area (Å²) in [5.74, 6) is -0.375. The van der Waals surface area contributed by atoms with Crippen LogP contribution >= 0.6 is 0 Å². The maximum atomic E-state index is 13.2. The van der Waals surface area contributed by atoms with E-state index in [1.165, 1.54) is 24.1 Å². The number of carbonyl (C=O) groups excluding carboxylic acids is 1. The van der Waals surface area contributed by atoms with E-state index in [2.05, 4.69) is 10.1 Å². The highest BCUT2D eigenvalue weighted by atomic mass is 32.2. The van der Waals surface area contributed by atoms with E-state index in [-0.39, 0.29) is 18.1 Å². The highest BCUT2D eigenvalue weighted by molar-refractivity contribution is 7.92. The van der Waals surface area contributed by atoms with Gasteiger partial charge in [-0.1, -0.05) is 35.0 Å². The zero-order valence-electron chi connectivity index (χ0n) is 16.7. The van der Waals surface area contributed by atoms with Gasteiger partial charge in [-0.3, -0.25) is 9.10 Å². The minimum absolute atomic E-state index is 0.0126. The summed E-state index contributed by atoms with van der Waals surface area (Å²) < 4.78 is 43.6. The van der Waals surface area contributed by atoms with Gasteiger partial charge < -0.3 is 9.42 Å². The number of hydrogen-bond donors (Lipinski definition) is 0. The molecule has 8 nitrogen and oxygen atoms in total. The first-order valence-electron chi connectivity index (χ1n) is 9.00. The van der Waals surface area contributed by atoms with E-state index < -0.39 is 28.3 Å². The number of carbonyl (C=O) groups is 1. The van der Waals surface area contributed by atoms with E-state index in [0.29, 0.717) is 5.82 Å². The lowest BCUT2D eigenvalue weighted by molar-refractivity contribution is -0.129. The molecule has 158 valence electrons. The number of nitrogens with zero attached hydrogens (tertiary/aromatic N) is 4. The first-order chi connectivity index (χ1) is 14.1. The summed E-state index contributed by atoms with van der Waals surface area (Å²) >= 11 is 0. The van der Waals surface area contributed by atoms with Crippen LogP contribution in [-0.2, 0) is 21.4 Å². The molecule has 10 heteroatoms. The van der Waals surface area contributed by atoms with Gasteiger partial charge >= 0.3 is 0 Å². The van der Waals surface area contributed by atoms with Crippen LogP contribution in [0, 0.1) is 12.7 Å². The van der Waals surface area contributed by atoms with Crippen LogP contribution in [0.15, 0.2) is 53.1 Å². The third kappa shape index (κ3) is 5.20. The first-order valence-corrected chi connectivity index (χ1v) is 10.8. The number of benzene rings is 2. The van der Waals surface area contributed by atoms with Gasteiger partial charge in [0.25, 0.3) is 0 Å². The van der Waals surface area contributed by atoms with Crippen molar-refractivity contribution in [2.75, 3.05) is 24.2 Å². The van der Waals surface area contributed by atoms with Crippen LogP contribution in [0.3, 0.4) is 0 Å². The van der Waals surface area contributed by atoms with Crippen molar-refractivity contribution in [1.29, 1.82) is 0 Å². The summed E-state index contributed by atoms with van der Waals surface area (Å²) in [6, 6.07) is 12.5. The molecule has 0 radical (unpaired) electrons. The van der Waals surface area contributed by atoms with Crippen LogP contribution < -0.4 is 4.31 Å². The van der Waals surface area contributed by atoms with Gasteiger partial charge in [-0.2, -0.15) is 4.98 Å². The standard InChI is InChI=1S/C20H21FN4O4S/c1-14-4-6-15(7-5-14)20-22-18(29-23-20)12-24(2)19(26)13-25(30(3,27)28)17-10-8-16(21)9-11-17/h4-11H,12-13H2,1-3H3. The molecule has 0 atom stereocenters. The minimum atomic E-state index is -3.76. The Balaban J connectivity index is 1.70. The molecule has 3 aromatic rings. The number of rotatable bonds is 7. The number of sulfonamides is 1. The molecule has 0 unspecified atom stereocenters. The number of halogens is 1. The Labute approximate surface area is 174 Å². The van der Waals surface area contributed by atoms with Crippen molar-refractivity contribution in [3.05, 3.63) is 65.8 Å². The van der Waals surface area contributed by atoms with Gasteiger partial charge in [-0.05, 0) is 31.2 Å². The molecule has 0 bridgehead atoms. The predicted molar refractivity (Wildman–Crippen MR) is 110 cm³/mol. The SMILES string of the molecule is Cc1ccc(-c2noc(CN(C)C(=O)CN(c3ccc(F)cc3)S(C)(=O)=O)n2)cc1. The molecule has 0 saturated carbocycles. The van der Waals surface area contributed by atoms with E-state index in [0.717, 1.165) is 33.8 Å². The van der Waals surface area contributed by atoms with Crippen molar-refractivity contribution in [1.82, 2.24) is 15.0 Å². The molecule has 0 aliphatic carbocycles. The maximum absolute atomic E-state index is 13.2. The predicted octanol–water partition coefficient (Wildman–Crippen LogP) is 2.61. The molecular formula is C20H21FN4O4S. The lowest BCUT2D eigenvalue weighted by atomic mass is 10.1. The topological polar surface area (TPSA) is 96.6 Å². The van der Waals surface area contributed by atoms with Crippen molar-refractivity contribution in [3.63, 3.8) is 0 Å². The van der Waals surface area contributed by atoms with E-state index >= 15 is 0 Å². The van der Waals surface area contributed by atoms with Crippen molar-refractivity contribution in [3.8, 4) is 11.4 Å². The molecule has 0 aliphatic heterocycles. The number of hydrogen-bond acceptors (Lipinski definition) is 6. The quantitative estimate of drug-likeness (QED) is 0.569. The minimum Gasteiger partial charge on any atom is -0.337 e. The zero-order chi connectivity index (χ0) is 21.9. The molecule has 1 heterocycles. The van der Waals surface area contributed by atoms with Gasteiger partial charge in [0.2, 0.25) is 27.6 Å². The monoisotopic (exact) mass is 432 g/mol. The third-order valence-electron chi connectivity index (χ3n) is 4.37. The summed E-state index contributed by atoms with van der Waals surface area (Å²) in [6.45, 7) is 1.54. The van der Waals surface area contributed by atoms with Crippen LogP contribution in [0.4, 0.5) is 10.1 Å². The molecule has 0 N–H and O–H groups in total. The van der Waals surface area contributed by atoms with Crippen molar-refractivity contribution >= 4 is 21.6 Å². The third-order valence-corrected chi connectivity index (χ3v) is 5.51. The molecule has 30 heavy (non-hydrogen) atoms. The average Bonchev–Trinajstić information content (AvgIpc) is 3.15. The summed E-state index contributed by atoms with van der Waals surface area (Å²) in [5, 5.41) is 3.92. The highest BCUT2D eigenvalue weighted by Gasteiger charge is 2.24. The fourth-order valence-electron chi connectivity index (χ4n) is 2.68.